The Morgan fingerprint density at radius 2 is 1.63 bits per heavy atom. The number of carbonyl (C=O) groups is 2. The number of hydrogen-bond donors (Lipinski definition) is 1. The number of hydrogen-bond acceptors (Lipinski definition) is 4. The Bertz CT molecular complexity index is 927. The minimum Gasteiger partial charge on any atom is -0.493 e. The third-order valence-corrected chi connectivity index (χ3v) is 8.27. The first-order valence-corrected chi connectivity index (χ1v) is 14.4. The lowest BCUT2D eigenvalue weighted by Crippen LogP contribution is -2.67. The maximum atomic E-state index is 13.8. The number of rotatable bonds is 13. The van der Waals surface area contributed by atoms with Crippen LogP contribution in [0.1, 0.15) is 109 Å². The number of nitrogens with zero attached hydrogens (tertiary/aromatic N) is 1. The van der Waals surface area contributed by atoms with Crippen LogP contribution >= 0.6 is 0 Å². The van der Waals surface area contributed by atoms with Crippen LogP contribution in [0.2, 0.25) is 0 Å². The maximum Gasteiger partial charge on any atom is 0.318 e. The number of amides is 2. The van der Waals surface area contributed by atoms with Crippen molar-refractivity contribution in [3.8, 4) is 11.5 Å². The van der Waals surface area contributed by atoms with Gasteiger partial charge in [0.2, 0.25) is 0 Å². The second-order valence-electron chi connectivity index (χ2n) is 11.2. The first-order valence-electron chi connectivity index (χ1n) is 14.4. The molecule has 3 rings (SSSR count). The van der Waals surface area contributed by atoms with Gasteiger partial charge in [-0.3, -0.25) is 4.79 Å². The molecule has 0 bridgehead atoms. The van der Waals surface area contributed by atoms with Crippen LogP contribution in [-0.2, 0) is 4.79 Å². The fourth-order valence-electron chi connectivity index (χ4n) is 5.91. The fraction of sp³-hybridized carbons (Fsp3) is 0.733. The molecule has 0 radical (unpaired) electrons. The Morgan fingerprint density at radius 3 is 2.13 bits per heavy atom. The molecule has 1 aromatic carbocycles. The zero-order valence-electron chi connectivity index (χ0n) is 23.8. The van der Waals surface area contributed by atoms with Crippen molar-refractivity contribution in [3.05, 3.63) is 23.3 Å². The van der Waals surface area contributed by atoms with Gasteiger partial charge in [0.15, 0.2) is 5.78 Å². The molecule has 2 aliphatic carbocycles. The van der Waals surface area contributed by atoms with E-state index in [1.54, 1.807) is 4.90 Å². The number of nitrogens with one attached hydrogen (secondary N) is 1. The minimum atomic E-state index is -2.94. The number of unbranched alkanes of at least 4 members (excludes halogenated alkanes) is 1. The molecular formula is C30H46F2N2O4. The number of alkyl halides is 2. The average molecular weight is 537 g/mol. The summed E-state index contributed by atoms with van der Waals surface area (Å²) in [4.78, 5) is 27.6. The van der Waals surface area contributed by atoms with Crippen LogP contribution in [0.15, 0.2) is 12.1 Å². The summed E-state index contributed by atoms with van der Waals surface area (Å²) >= 11 is 0. The van der Waals surface area contributed by atoms with E-state index in [1.165, 1.54) is 39.0 Å². The SMILES string of the molecule is CCOc1cc([C@@H](C)N(CCCCC2CCCCC2)C(=O)NC2(C(C)=O)CC(F)(F)C2)cc(OCC)c1C. The Hall–Kier alpha value is -2.38. The Balaban J connectivity index is 1.82. The number of halogens is 2. The summed E-state index contributed by atoms with van der Waals surface area (Å²) < 4.78 is 39.4. The fourth-order valence-corrected chi connectivity index (χ4v) is 5.91. The summed E-state index contributed by atoms with van der Waals surface area (Å²) in [6, 6.07) is 2.98. The van der Waals surface area contributed by atoms with Crippen LogP contribution in [0.5, 0.6) is 11.5 Å². The molecule has 38 heavy (non-hydrogen) atoms. The summed E-state index contributed by atoms with van der Waals surface area (Å²) in [5.74, 6) is -1.24. The van der Waals surface area contributed by atoms with Gasteiger partial charge in [0.1, 0.15) is 17.0 Å². The quantitative estimate of drug-likeness (QED) is 0.267. The highest BCUT2D eigenvalue weighted by molar-refractivity contribution is 5.92. The van der Waals surface area contributed by atoms with Gasteiger partial charge in [-0.05, 0) is 64.7 Å². The first kappa shape index (κ1) is 30.2. The van der Waals surface area contributed by atoms with Gasteiger partial charge in [-0.2, -0.15) is 0 Å². The number of ketones is 1. The van der Waals surface area contributed by atoms with Crippen molar-refractivity contribution in [1.82, 2.24) is 10.2 Å². The highest BCUT2D eigenvalue weighted by Gasteiger charge is 2.60. The number of urea groups is 1. The van der Waals surface area contributed by atoms with Crippen molar-refractivity contribution in [2.45, 2.75) is 116 Å². The van der Waals surface area contributed by atoms with E-state index < -0.39 is 36.1 Å². The van der Waals surface area contributed by atoms with Gasteiger partial charge in [0, 0.05) is 24.9 Å². The summed E-state index contributed by atoms with van der Waals surface area (Å²) in [6.45, 7) is 10.4. The third kappa shape index (κ3) is 7.38. The third-order valence-electron chi connectivity index (χ3n) is 8.27. The minimum absolute atomic E-state index is 0.381. The van der Waals surface area contributed by atoms with Crippen LogP contribution in [0.3, 0.4) is 0 Å². The molecule has 0 unspecified atom stereocenters. The van der Waals surface area contributed by atoms with Gasteiger partial charge >= 0.3 is 6.03 Å². The summed E-state index contributed by atoms with van der Waals surface area (Å²) in [6.07, 6.45) is 8.11. The smallest absolute Gasteiger partial charge is 0.318 e. The molecule has 8 heteroatoms. The highest BCUT2D eigenvalue weighted by Crippen LogP contribution is 2.46. The van der Waals surface area contributed by atoms with E-state index in [2.05, 4.69) is 5.32 Å². The average Bonchev–Trinajstić information content (AvgIpc) is 2.85. The van der Waals surface area contributed by atoms with E-state index in [0.29, 0.717) is 31.3 Å². The molecule has 2 amide bonds. The summed E-state index contributed by atoms with van der Waals surface area (Å²) in [5.41, 5.74) is 0.210. The van der Waals surface area contributed by atoms with Crippen LogP contribution in [0.25, 0.3) is 0 Å². The molecule has 1 atom stereocenters. The molecule has 2 fully saturated rings. The largest absolute Gasteiger partial charge is 0.493 e. The van der Waals surface area contributed by atoms with Gasteiger partial charge in [0.05, 0.1) is 19.3 Å². The molecule has 2 saturated carbocycles. The van der Waals surface area contributed by atoms with E-state index >= 15 is 0 Å². The Kier molecular flexibility index (Phi) is 10.4. The molecule has 0 spiro atoms. The number of ether oxygens (including phenoxy) is 2. The Labute approximate surface area is 226 Å². The van der Waals surface area contributed by atoms with Gasteiger partial charge in [-0.1, -0.05) is 44.9 Å². The molecule has 1 N–H and O–H groups in total. The number of Topliss-reactive ketones (excluding diaryl/α,β-unsaturated/α-hetero) is 1. The molecule has 214 valence electrons. The molecule has 2 aliphatic rings. The van der Waals surface area contributed by atoms with Crippen LogP contribution in [-0.4, -0.2) is 47.9 Å². The Morgan fingerprint density at radius 1 is 1.05 bits per heavy atom. The topological polar surface area (TPSA) is 67.9 Å². The van der Waals surface area contributed by atoms with Crippen LogP contribution < -0.4 is 14.8 Å². The monoisotopic (exact) mass is 536 g/mol. The van der Waals surface area contributed by atoms with Crippen LogP contribution in [0.4, 0.5) is 13.6 Å². The predicted molar refractivity (Wildman–Crippen MR) is 145 cm³/mol. The van der Waals surface area contributed by atoms with Gasteiger partial charge in [0.25, 0.3) is 5.92 Å². The maximum absolute atomic E-state index is 13.8. The molecule has 0 aliphatic heterocycles. The zero-order valence-corrected chi connectivity index (χ0v) is 23.8. The van der Waals surface area contributed by atoms with Crippen LogP contribution in [0, 0.1) is 12.8 Å². The summed E-state index contributed by atoms with van der Waals surface area (Å²) in [5, 5.41) is 2.71. The lowest BCUT2D eigenvalue weighted by atomic mass is 9.71. The second kappa shape index (κ2) is 13.1. The van der Waals surface area contributed by atoms with Crippen molar-refractivity contribution in [1.29, 1.82) is 0 Å². The van der Waals surface area contributed by atoms with Crippen molar-refractivity contribution in [3.63, 3.8) is 0 Å². The van der Waals surface area contributed by atoms with Crippen molar-refractivity contribution >= 4 is 11.8 Å². The van der Waals surface area contributed by atoms with E-state index in [-0.39, 0.29) is 6.04 Å². The van der Waals surface area contributed by atoms with Crippen molar-refractivity contribution in [2.24, 2.45) is 5.92 Å². The normalized spacial score (nSPS) is 19.2. The molecule has 0 saturated heterocycles. The lowest BCUT2D eigenvalue weighted by Gasteiger charge is -2.47. The van der Waals surface area contributed by atoms with E-state index in [1.807, 2.05) is 39.8 Å². The summed E-state index contributed by atoms with van der Waals surface area (Å²) in [7, 11) is 0. The molecule has 1 aromatic rings. The molecular weight excluding hydrogens is 490 g/mol. The molecule has 0 heterocycles. The molecule has 6 nitrogen and oxygen atoms in total. The van der Waals surface area contributed by atoms with Crippen molar-refractivity contribution < 1.29 is 27.8 Å². The standard InChI is InChI=1S/C30H46F2N2O4/c1-6-37-26-17-25(18-27(21(26)3)38-7-2)22(4)34(16-12-11-15-24-13-9-8-10-14-24)28(36)33-29(23(5)35)19-30(31,32)20-29/h17-18,22,24H,6-16,19-20H2,1-5H3,(H,33,36)/t22-/m1/s1. The number of carbonyl (C=O) groups excluding carboxylic acids is 2. The van der Waals surface area contributed by atoms with Gasteiger partial charge < -0.3 is 19.7 Å². The van der Waals surface area contributed by atoms with E-state index in [9.17, 15) is 18.4 Å². The second-order valence-corrected chi connectivity index (χ2v) is 11.2. The number of benzene rings is 1. The van der Waals surface area contributed by atoms with Crippen molar-refractivity contribution in [2.75, 3.05) is 19.8 Å². The lowest BCUT2D eigenvalue weighted by molar-refractivity contribution is -0.157. The highest BCUT2D eigenvalue weighted by atomic mass is 19.3. The van der Waals surface area contributed by atoms with E-state index in [0.717, 1.165) is 36.3 Å². The zero-order chi connectivity index (χ0) is 27.9. The molecule has 0 aromatic heterocycles. The van der Waals surface area contributed by atoms with E-state index in [4.69, 9.17) is 9.47 Å². The predicted octanol–water partition coefficient (Wildman–Crippen LogP) is 7.37. The first-order chi connectivity index (χ1) is 18.0. The van der Waals surface area contributed by atoms with Gasteiger partial charge in [-0.25, -0.2) is 13.6 Å². The van der Waals surface area contributed by atoms with Gasteiger partial charge in [-0.15, -0.1) is 0 Å².